The fourth-order valence-electron chi connectivity index (χ4n) is 3.71. The number of sulfonamides is 1. The Hall–Kier alpha value is -2.74. The van der Waals surface area contributed by atoms with Crippen LogP contribution in [0.1, 0.15) is 15.9 Å². The second kappa shape index (κ2) is 11.3. The molecule has 0 N–H and O–H groups in total. The van der Waals surface area contributed by atoms with E-state index in [0.29, 0.717) is 44.1 Å². The van der Waals surface area contributed by atoms with Crippen molar-refractivity contribution in [1.29, 1.82) is 0 Å². The normalized spacial score (nSPS) is 14.2. The van der Waals surface area contributed by atoms with E-state index < -0.39 is 43.9 Å². The fourth-order valence-corrected chi connectivity index (χ4v) is 4.55. The third kappa shape index (κ3) is 6.78. The van der Waals surface area contributed by atoms with Crippen LogP contribution in [-0.4, -0.2) is 45.5 Å². The summed E-state index contributed by atoms with van der Waals surface area (Å²) in [5.74, 6) is -2.79. The quantitative estimate of drug-likeness (QED) is 0.356. The largest absolute Gasteiger partial charge is 1.00 e. The van der Waals surface area contributed by atoms with Crippen LogP contribution in [0.5, 0.6) is 0 Å². The van der Waals surface area contributed by atoms with E-state index in [1.54, 1.807) is 12.1 Å². The van der Waals surface area contributed by atoms with Crippen molar-refractivity contribution in [1.82, 2.24) is 4.98 Å². The van der Waals surface area contributed by atoms with E-state index >= 15 is 0 Å². The second-order valence-electron chi connectivity index (χ2n) is 7.86. The monoisotopic (exact) mass is 548 g/mol. The second-order valence-corrected chi connectivity index (χ2v) is 9.47. The van der Waals surface area contributed by atoms with E-state index in [0.717, 1.165) is 18.0 Å². The zero-order valence-electron chi connectivity index (χ0n) is 19.4. The Balaban J connectivity index is 0.00000380. The number of amides is 1. The molecule has 3 aromatic rings. The maximum Gasteiger partial charge on any atom is 1.00 e. The SMILES string of the molecule is O=C([N-]S(=O)(=O)c1ccc(N2CCN(c3ccc(F)cc3)CC2)nc1)c1ccc(F)cc1C(F)(F)F.[Na+]. The number of aromatic nitrogens is 1. The molecule has 2 aromatic carbocycles. The molecule has 1 aliphatic heterocycles. The van der Waals surface area contributed by atoms with Gasteiger partial charge < -0.3 is 19.3 Å². The van der Waals surface area contributed by atoms with Crippen molar-refractivity contribution in [3.05, 3.63) is 88.3 Å². The average molecular weight is 548 g/mol. The summed E-state index contributed by atoms with van der Waals surface area (Å²) < 4.78 is 93.9. The van der Waals surface area contributed by atoms with Crippen LogP contribution in [-0.2, 0) is 16.2 Å². The Morgan fingerprint density at radius 1 is 0.865 bits per heavy atom. The van der Waals surface area contributed by atoms with Crippen LogP contribution in [0.25, 0.3) is 4.72 Å². The van der Waals surface area contributed by atoms with Crippen LogP contribution in [0, 0.1) is 11.6 Å². The first kappa shape index (κ1) is 28.8. The van der Waals surface area contributed by atoms with Crippen LogP contribution >= 0.6 is 0 Å². The van der Waals surface area contributed by atoms with Gasteiger partial charge in [0.25, 0.3) is 0 Å². The van der Waals surface area contributed by atoms with Crippen molar-refractivity contribution in [3.63, 3.8) is 0 Å². The molecule has 14 heteroatoms. The summed E-state index contributed by atoms with van der Waals surface area (Å²) in [6.45, 7) is 2.31. The molecule has 4 rings (SSSR count). The van der Waals surface area contributed by atoms with E-state index in [2.05, 4.69) is 14.6 Å². The third-order valence-electron chi connectivity index (χ3n) is 5.53. The molecule has 1 aromatic heterocycles. The van der Waals surface area contributed by atoms with E-state index in [4.69, 9.17) is 0 Å². The number of pyridine rings is 1. The first-order valence-electron chi connectivity index (χ1n) is 10.5. The van der Waals surface area contributed by atoms with Gasteiger partial charge in [-0.05, 0) is 54.6 Å². The third-order valence-corrected chi connectivity index (χ3v) is 6.78. The van der Waals surface area contributed by atoms with Gasteiger partial charge >= 0.3 is 35.7 Å². The van der Waals surface area contributed by atoms with Gasteiger partial charge in [0, 0.05) is 43.6 Å². The van der Waals surface area contributed by atoms with Crippen molar-refractivity contribution in [2.24, 2.45) is 0 Å². The Morgan fingerprint density at radius 3 is 2.03 bits per heavy atom. The molecule has 0 unspecified atom stereocenters. The number of carbonyl (C=O) groups excluding carboxylic acids is 1. The molecule has 1 fully saturated rings. The van der Waals surface area contributed by atoms with Gasteiger partial charge in [0.15, 0.2) is 0 Å². The number of benzene rings is 2. The van der Waals surface area contributed by atoms with Crippen molar-refractivity contribution < 1.29 is 64.7 Å². The Labute approximate surface area is 231 Å². The molecule has 37 heavy (non-hydrogen) atoms. The maximum atomic E-state index is 13.3. The van der Waals surface area contributed by atoms with Crippen molar-refractivity contribution in [2.75, 3.05) is 36.0 Å². The number of carbonyl (C=O) groups is 1. The molecule has 0 saturated carbocycles. The number of piperazine rings is 1. The minimum Gasteiger partial charge on any atom is -0.537 e. The molecule has 0 bridgehead atoms. The fraction of sp³-hybridized carbons (Fsp3) is 0.217. The van der Waals surface area contributed by atoms with E-state index in [1.165, 1.54) is 18.2 Å². The van der Waals surface area contributed by atoms with E-state index in [-0.39, 0.29) is 41.4 Å². The van der Waals surface area contributed by atoms with Crippen molar-refractivity contribution in [2.45, 2.75) is 11.1 Å². The molecule has 0 aliphatic carbocycles. The van der Waals surface area contributed by atoms with E-state index in [9.17, 15) is 35.2 Å². The molecular weight excluding hydrogens is 530 g/mol. The molecule has 1 saturated heterocycles. The standard InChI is InChI=1S/C23H19F5N4O3S.Na/c24-15-1-4-17(5-2-15)31-9-11-32(12-10-31)21-8-6-18(14-29-21)36(34,35)30-22(33)19-7-3-16(25)13-20(19)23(26,27)28;/h1-8,13-14H,9-12H2,(H,30,33);/q;+1/p-1. The van der Waals surface area contributed by atoms with Gasteiger partial charge in [-0.25, -0.2) is 22.2 Å². The molecule has 1 amide bonds. The number of alkyl halides is 3. The molecule has 1 aliphatic rings. The van der Waals surface area contributed by atoms with Crippen LogP contribution in [0.2, 0.25) is 0 Å². The summed E-state index contributed by atoms with van der Waals surface area (Å²) in [7, 11) is -4.68. The minimum atomic E-state index is -5.09. The number of rotatable bonds is 5. The van der Waals surface area contributed by atoms with Crippen molar-refractivity contribution in [3.8, 4) is 0 Å². The van der Waals surface area contributed by atoms with Crippen LogP contribution in [0.15, 0.2) is 65.7 Å². The summed E-state index contributed by atoms with van der Waals surface area (Å²) in [4.78, 5) is 19.8. The van der Waals surface area contributed by atoms with Gasteiger partial charge in [-0.15, -0.1) is 0 Å². The molecular formula is C23H18F5N4NaO3S. The first-order valence-corrected chi connectivity index (χ1v) is 12.0. The predicted molar refractivity (Wildman–Crippen MR) is 121 cm³/mol. The minimum absolute atomic E-state index is 0. The number of hydrogen-bond donors (Lipinski definition) is 0. The van der Waals surface area contributed by atoms with Crippen LogP contribution in [0.4, 0.5) is 33.5 Å². The number of hydrogen-bond acceptors (Lipinski definition) is 6. The molecule has 7 nitrogen and oxygen atoms in total. The zero-order valence-corrected chi connectivity index (χ0v) is 22.2. The predicted octanol–water partition coefficient (Wildman–Crippen LogP) is 1.61. The Bertz CT molecular complexity index is 1360. The van der Waals surface area contributed by atoms with Gasteiger partial charge in [-0.1, -0.05) is 0 Å². The van der Waals surface area contributed by atoms with Gasteiger partial charge in [-0.2, -0.15) is 13.2 Å². The number of halogens is 5. The van der Waals surface area contributed by atoms with Gasteiger partial charge in [0.05, 0.1) is 16.4 Å². The Kier molecular flexibility index (Phi) is 8.83. The van der Waals surface area contributed by atoms with Gasteiger partial charge in [0.2, 0.25) is 0 Å². The topological polar surface area (TPSA) is 84.7 Å². The first-order chi connectivity index (χ1) is 16.9. The van der Waals surface area contributed by atoms with E-state index in [1.807, 2.05) is 4.90 Å². The zero-order chi connectivity index (χ0) is 26.1. The summed E-state index contributed by atoms with van der Waals surface area (Å²) >= 11 is 0. The number of nitrogens with zero attached hydrogens (tertiary/aromatic N) is 4. The van der Waals surface area contributed by atoms with Crippen LogP contribution in [0.3, 0.4) is 0 Å². The molecule has 190 valence electrons. The summed E-state index contributed by atoms with van der Waals surface area (Å²) in [6.07, 6.45) is -4.13. The molecule has 0 atom stereocenters. The van der Waals surface area contributed by atoms with Crippen LogP contribution < -0.4 is 39.4 Å². The summed E-state index contributed by atoms with van der Waals surface area (Å²) in [5, 5.41) is 0. The van der Waals surface area contributed by atoms with Crippen molar-refractivity contribution >= 4 is 27.4 Å². The van der Waals surface area contributed by atoms with Gasteiger partial charge in [-0.3, -0.25) is 0 Å². The summed E-state index contributed by atoms with van der Waals surface area (Å²) in [6, 6.07) is 9.89. The average Bonchev–Trinajstić information content (AvgIpc) is 2.84. The maximum absolute atomic E-state index is 13.3. The smallest absolute Gasteiger partial charge is 0.537 e. The molecule has 0 spiro atoms. The molecule has 2 heterocycles. The van der Waals surface area contributed by atoms with Gasteiger partial charge in [0.1, 0.15) is 27.5 Å². The molecule has 0 radical (unpaired) electrons. The Morgan fingerprint density at radius 2 is 1.46 bits per heavy atom. The number of anilines is 2. The summed E-state index contributed by atoms with van der Waals surface area (Å²) in [5.41, 5.74) is -1.85.